The highest BCUT2D eigenvalue weighted by molar-refractivity contribution is 5.77. The number of hydrogen-bond acceptors (Lipinski definition) is 5. The van der Waals surface area contributed by atoms with E-state index >= 15 is 0 Å². The molecule has 0 aromatic rings. The van der Waals surface area contributed by atoms with E-state index in [1.165, 1.54) is 218 Å². The predicted octanol–water partition coefficient (Wildman–Crippen LogP) is 16.9. The number of ether oxygens (including phenoxy) is 1. The Hall–Kier alpha value is -1.40. The molecule has 0 heterocycles. The first-order valence-electron chi connectivity index (χ1n) is 27.9. The van der Waals surface area contributed by atoms with Crippen LogP contribution in [-0.4, -0.2) is 46.9 Å². The van der Waals surface area contributed by atoms with Crippen LogP contribution >= 0.6 is 0 Å². The van der Waals surface area contributed by atoms with Crippen LogP contribution in [0.15, 0.2) is 12.2 Å². The minimum atomic E-state index is -0.782. The lowest BCUT2D eigenvalue weighted by atomic mass is 10.0. The van der Waals surface area contributed by atoms with E-state index in [-0.39, 0.29) is 24.9 Å². The molecule has 0 aliphatic carbocycles. The van der Waals surface area contributed by atoms with E-state index in [2.05, 4.69) is 38.2 Å². The number of esters is 1. The van der Waals surface area contributed by atoms with Gasteiger partial charge in [-0.15, -0.1) is 0 Å². The van der Waals surface area contributed by atoms with Crippen molar-refractivity contribution in [3.8, 4) is 0 Å². The largest absolute Gasteiger partial charge is 0.462 e. The van der Waals surface area contributed by atoms with Crippen LogP contribution in [0.5, 0.6) is 0 Å². The SMILES string of the molecule is CCCCCC/C=C\CCCCCCCCCC(=O)OC(CCCCCCCCCCCCCCCCCCC)CC(=O)NC(CO)C(O)CCCCCCCCCCCCC. The van der Waals surface area contributed by atoms with Gasteiger partial charge in [0.15, 0.2) is 0 Å². The highest BCUT2D eigenvalue weighted by Gasteiger charge is 2.24. The van der Waals surface area contributed by atoms with E-state index in [0.717, 1.165) is 44.9 Å². The maximum absolute atomic E-state index is 13.2. The molecule has 0 spiro atoms. The van der Waals surface area contributed by atoms with Gasteiger partial charge in [-0.2, -0.15) is 0 Å². The zero-order valence-electron chi connectivity index (χ0n) is 42.0. The fourth-order valence-electron chi connectivity index (χ4n) is 8.84. The first-order chi connectivity index (χ1) is 30.5. The number of amides is 1. The molecule has 0 aromatic heterocycles. The van der Waals surface area contributed by atoms with Crippen LogP contribution in [-0.2, 0) is 14.3 Å². The van der Waals surface area contributed by atoms with E-state index in [1.54, 1.807) is 0 Å². The standard InChI is InChI=1S/C56H109NO5/c1-4-7-10-13-16-19-22-24-26-27-29-30-33-35-38-41-44-47-52(62-56(61)49-46-43-40-37-34-31-28-25-23-20-17-14-11-8-5-2)50-55(60)57-53(51-58)54(59)48-45-42-39-36-32-21-18-15-12-9-6-3/h20,23,52-54,58-59H,4-19,21-22,24-51H2,1-3H3,(H,57,60)/b23-20-. The summed E-state index contributed by atoms with van der Waals surface area (Å²) < 4.78 is 5.96. The van der Waals surface area contributed by atoms with Crippen molar-refractivity contribution < 1.29 is 24.5 Å². The van der Waals surface area contributed by atoms with Gasteiger partial charge in [-0.1, -0.05) is 258 Å². The molecule has 0 rings (SSSR count). The summed E-state index contributed by atoms with van der Waals surface area (Å²) >= 11 is 0. The molecule has 368 valence electrons. The zero-order valence-corrected chi connectivity index (χ0v) is 42.0. The van der Waals surface area contributed by atoms with E-state index in [1.807, 2.05) is 0 Å². The quantitative estimate of drug-likeness (QED) is 0.0321. The Balaban J connectivity index is 4.52. The first kappa shape index (κ1) is 60.6. The molecule has 0 fully saturated rings. The molecule has 6 nitrogen and oxygen atoms in total. The molecule has 0 radical (unpaired) electrons. The zero-order chi connectivity index (χ0) is 45.2. The molecule has 3 unspecified atom stereocenters. The molecule has 0 bridgehead atoms. The molecule has 0 aliphatic heterocycles. The third-order valence-corrected chi connectivity index (χ3v) is 13.1. The van der Waals surface area contributed by atoms with Gasteiger partial charge in [-0.05, 0) is 51.4 Å². The van der Waals surface area contributed by atoms with Gasteiger partial charge < -0.3 is 20.3 Å². The molecule has 1 amide bonds. The molecule has 0 saturated carbocycles. The number of nitrogens with one attached hydrogen (secondary N) is 1. The summed E-state index contributed by atoms with van der Waals surface area (Å²) in [6, 6.07) is -0.695. The molecule has 3 atom stereocenters. The Morgan fingerprint density at radius 2 is 0.774 bits per heavy atom. The molecule has 3 N–H and O–H groups in total. The first-order valence-corrected chi connectivity index (χ1v) is 27.9. The molecular weight excluding hydrogens is 767 g/mol. The molecule has 0 saturated heterocycles. The topological polar surface area (TPSA) is 95.9 Å². The fourth-order valence-corrected chi connectivity index (χ4v) is 8.84. The Kier molecular flexibility index (Phi) is 49.5. The Morgan fingerprint density at radius 3 is 1.16 bits per heavy atom. The smallest absolute Gasteiger partial charge is 0.306 e. The van der Waals surface area contributed by atoms with E-state index in [9.17, 15) is 19.8 Å². The van der Waals surface area contributed by atoms with Gasteiger partial charge in [0.2, 0.25) is 5.91 Å². The summed E-state index contributed by atoms with van der Waals surface area (Å²) in [6.07, 6.45) is 57.0. The van der Waals surface area contributed by atoms with Gasteiger partial charge >= 0.3 is 5.97 Å². The van der Waals surface area contributed by atoms with Crippen molar-refractivity contribution in [3.05, 3.63) is 12.2 Å². The lowest BCUT2D eigenvalue weighted by molar-refractivity contribution is -0.151. The summed E-state index contributed by atoms with van der Waals surface area (Å²) in [6.45, 7) is 6.50. The van der Waals surface area contributed by atoms with E-state index in [4.69, 9.17) is 4.74 Å². The predicted molar refractivity (Wildman–Crippen MR) is 269 cm³/mol. The van der Waals surface area contributed by atoms with E-state index < -0.39 is 18.2 Å². The number of allylic oxidation sites excluding steroid dienone is 2. The average Bonchev–Trinajstić information content (AvgIpc) is 3.26. The lowest BCUT2D eigenvalue weighted by Crippen LogP contribution is -2.46. The molecule has 0 aliphatic rings. The second-order valence-corrected chi connectivity index (χ2v) is 19.3. The minimum absolute atomic E-state index is 0.0836. The molecule has 6 heteroatoms. The van der Waals surface area contributed by atoms with Crippen LogP contribution in [0.2, 0.25) is 0 Å². The summed E-state index contributed by atoms with van der Waals surface area (Å²) in [7, 11) is 0. The number of aliphatic hydroxyl groups is 2. The fraction of sp³-hybridized carbons (Fsp3) is 0.929. The van der Waals surface area contributed by atoms with Crippen molar-refractivity contribution in [1.29, 1.82) is 0 Å². The highest BCUT2D eigenvalue weighted by atomic mass is 16.5. The molecule has 62 heavy (non-hydrogen) atoms. The number of carbonyl (C=O) groups excluding carboxylic acids is 2. The van der Waals surface area contributed by atoms with Gasteiger partial charge in [0.05, 0.1) is 25.2 Å². The number of rotatable bonds is 51. The van der Waals surface area contributed by atoms with Gasteiger partial charge in [-0.25, -0.2) is 0 Å². The molecular formula is C56H109NO5. The van der Waals surface area contributed by atoms with Gasteiger partial charge in [0, 0.05) is 6.42 Å². The van der Waals surface area contributed by atoms with Crippen LogP contribution in [0.25, 0.3) is 0 Å². The van der Waals surface area contributed by atoms with Crippen molar-refractivity contribution in [2.24, 2.45) is 0 Å². The molecule has 0 aromatic carbocycles. The van der Waals surface area contributed by atoms with Crippen molar-refractivity contribution in [2.45, 2.75) is 328 Å². The van der Waals surface area contributed by atoms with Crippen molar-refractivity contribution in [3.63, 3.8) is 0 Å². The Morgan fingerprint density at radius 1 is 0.452 bits per heavy atom. The average molecular weight is 876 g/mol. The number of hydrogen-bond donors (Lipinski definition) is 3. The second-order valence-electron chi connectivity index (χ2n) is 19.3. The third-order valence-electron chi connectivity index (χ3n) is 13.1. The van der Waals surface area contributed by atoms with Crippen LogP contribution < -0.4 is 5.32 Å². The van der Waals surface area contributed by atoms with Crippen LogP contribution in [0.3, 0.4) is 0 Å². The van der Waals surface area contributed by atoms with E-state index in [0.29, 0.717) is 19.3 Å². The summed E-state index contributed by atoms with van der Waals surface area (Å²) in [5.74, 6) is -0.458. The summed E-state index contributed by atoms with van der Waals surface area (Å²) in [4.78, 5) is 26.2. The van der Waals surface area contributed by atoms with Gasteiger partial charge in [0.25, 0.3) is 0 Å². The lowest BCUT2D eigenvalue weighted by Gasteiger charge is -2.24. The summed E-state index contributed by atoms with van der Waals surface area (Å²) in [5.41, 5.74) is 0. The van der Waals surface area contributed by atoms with Crippen molar-refractivity contribution in [2.75, 3.05) is 6.61 Å². The maximum Gasteiger partial charge on any atom is 0.306 e. The van der Waals surface area contributed by atoms with Gasteiger partial charge in [0.1, 0.15) is 6.10 Å². The normalized spacial score (nSPS) is 13.2. The van der Waals surface area contributed by atoms with Crippen LogP contribution in [0.1, 0.15) is 310 Å². The van der Waals surface area contributed by atoms with Crippen LogP contribution in [0, 0.1) is 0 Å². The van der Waals surface area contributed by atoms with Crippen LogP contribution in [0.4, 0.5) is 0 Å². The highest BCUT2D eigenvalue weighted by Crippen LogP contribution is 2.19. The number of unbranched alkanes of at least 4 members (excludes halogenated alkanes) is 37. The number of aliphatic hydroxyl groups excluding tert-OH is 2. The Bertz CT molecular complexity index is 939. The van der Waals surface area contributed by atoms with Crippen molar-refractivity contribution >= 4 is 11.9 Å². The number of carbonyl (C=O) groups is 2. The second kappa shape index (κ2) is 50.6. The monoisotopic (exact) mass is 876 g/mol. The van der Waals surface area contributed by atoms with Gasteiger partial charge in [-0.3, -0.25) is 9.59 Å². The van der Waals surface area contributed by atoms with Crippen molar-refractivity contribution in [1.82, 2.24) is 5.32 Å². The third kappa shape index (κ3) is 45.2. The Labute approximate surface area is 387 Å². The summed E-state index contributed by atoms with van der Waals surface area (Å²) in [5, 5.41) is 23.8. The minimum Gasteiger partial charge on any atom is -0.462 e. The maximum atomic E-state index is 13.2.